The number of carbonyl (C=O) groups excluding carboxylic acids is 1. The van der Waals surface area contributed by atoms with E-state index in [0.717, 1.165) is 29.1 Å². The Labute approximate surface area is 141 Å². The second-order valence-electron chi connectivity index (χ2n) is 5.79. The predicted molar refractivity (Wildman–Crippen MR) is 94.8 cm³/mol. The summed E-state index contributed by atoms with van der Waals surface area (Å²) in [6, 6.07) is 13.7. The van der Waals surface area contributed by atoms with Gasteiger partial charge in [-0.05, 0) is 31.5 Å². The highest BCUT2D eigenvalue weighted by Crippen LogP contribution is 2.15. The predicted octanol–water partition coefficient (Wildman–Crippen LogP) is 2.91. The topological polar surface area (TPSA) is 59.8 Å². The molecule has 1 N–H and O–H groups in total. The first kappa shape index (κ1) is 16.2. The zero-order valence-corrected chi connectivity index (χ0v) is 14.1. The molecule has 1 atom stereocenters. The van der Waals surface area contributed by atoms with Crippen LogP contribution in [0, 0.1) is 0 Å². The number of imidazole rings is 1. The molecule has 0 bridgehead atoms. The van der Waals surface area contributed by atoms with Gasteiger partial charge >= 0.3 is 0 Å². The van der Waals surface area contributed by atoms with Gasteiger partial charge in [-0.25, -0.2) is 9.97 Å². The summed E-state index contributed by atoms with van der Waals surface area (Å²) in [4.78, 5) is 21.3. The van der Waals surface area contributed by atoms with Crippen LogP contribution in [0.5, 0.6) is 0 Å². The number of aryl methyl sites for hydroxylation is 1. The third kappa shape index (κ3) is 3.30. The third-order valence-electron chi connectivity index (χ3n) is 4.24. The van der Waals surface area contributed by atoms with E-state index in [1.807, 2.05) is 49.4 Å². The molecule has 5 heteroatoms. The van der Waals surface area contributed by atoms with Gasteiger partial charge in [0.15, 0.2) is 5.65 Å². The number of nitrogens with zero attached hydrogens (tertiary/aromatic N) is 3. The monoisotopic (exact) mass is 322 g/mol. The molecule has 0 radical (unpaired) electrons. The van der Waals surface area contributed by atoms with E-state index in [4.69, 9.17) is 0 Å². The molecule has 24 heavy (non-hydrogen) atoms. The van der Waals surface area contributed by atoms with Crippen LogP contribution in [0.4, 0.5) is 0 Å². The van der Waals surface area contributed by atoms with Gasteiger partial charge in [-0.3, -0.25) is 4.79 Å². The molecule has 1 aromatic carbocycles. The van der Waals surface area contributed by atoms with E-state index in [1.165, 1.54) is 0 Å². The summed E-state index contributed by atoms with van der Waals surface area (Å²) in [5.74, 6) is 0.843. The van der Waals surface area contributed by atoms with Gasteiger partial charge in [-0.2, -0.15) is 0 Å². The average molecular weight is 322 g/mol. The number of fused-ring (bicyclic) bond motifs is 1. The summed E-state index contributed by atoms with van der Waals surface area (Å²) in [5.41, 5.74) is 2.83. The van der Waals surface area contributed by atoms with Crippen molar-refractivity contribution in [2.75, 3.05) is 6.54 Å². The van der Waals surface area contributed by atoms with Crippen LogP contribution in [0.25, 0.3) is 11.2 Å². The van der Waals surface area contributed by atoms with Gasteiger partial charge in [0.2, 0.25) is 5.91 Å². The minimum atomic E-state index is -0.155. The van der Waals surface area contributed by atoms with E-state index in [-0.39, 0.29) is 11.8 Å². The molecule has 0 saturated heterocycles. The van der Waals surface area contributed by atoms with Crippen LogP contribution in [0.1, 0.15) is 31.2 Å². The van der Waals surface area contributed by atoms with E-state index in [0.29, 0.717) is 13.0 Å². The van der Waals surface area contributed by atoms with E-state index >= 15 is 0 Å². The lowest BCUT2D eigenvalue weighted by Gasteiger charge is -2.12. The summed E-state index contributed by atoms with van der Waals surface area (Å²) in [7, 11) is 0. The summed E-state index contributed by atoms with van der Waals surface area (Å²) in [6.07, 6.45) is 2.47. The van der Waals surface area contributed by atoms with Crippen molar-refractivity contribution in [2.45, 2.75) is 32.7 Å². The van der Waals surface area contributed by atoms with Crippen LogP contribution in [0.3, 0.4) is 0 Å². The van der Waals surface area contributed by atoms with Crippen LogP contribution >= 0.6 is 0 Å². The number of carbonyl (C=O) groups is 1. The lowest BCUT2D eigenvalue weighted by Crippen LogP contribution is -2.30. The Balaban J connectivity index is 1.63. The van der Waals surface area contributed by atoms with Gasteiger partial charge in [0.25, 0.3) is 0 Å². The zero-order chi connectivity index (χ0) is 16.9. The van der Waals surface area contributed by atoms with Crippen molar-refractivity contribution < 1.29 is 4.79 Å². The quantitative estimate of drug-likeness (QED) is 0.759. The van der Waals surface area contributed by atoms with Crippen molar-refractivity contribution in [1.29, 1.82) is 0 Å². The van der Waals surface area contributed by atoms with Crippen LogP contribution in [-0.4, -0.2) is 27.0 Å². The van der Waals surface area contributed by atoms with Gasteiger partial charge in [0.05, 0.1) is 5.92 Å². The Morgan fingerprint density at radius 2 is 2.00 bits per heavy atom. The minimum absolute atomic E-state index is 0.0403. The summed E-state index contributed by atoms with van der Waals surface area (Å²) in [6.45, 7) is 5.39. The van der Waals surface area contributed by atoms with E-state index in [1.54, 1.807) is 6.20 Å². The van der Waals surface area contributed by atoms with Crippen molar-refractivity contribution in [3.8, 4) is 0 Å². The second kappa shape index (κ2) is 7.25. The lowest BCUT2D eigenvalue weighted by atomic mass is 10.0. The molecule has 0 aliphatic rings. The van der Waals surface area contributed by atoms with Gasteiger partial charge in [-0.15, -0.1) is 0 Å². The number of hydrogen-bond acceptors (Lipinski definition) is 3. The van der Waals surface area contributed by atoms with Gasteiger partial charge in [-0.1, -0.05) is 30.3 Å². The fourth-order valence-corrected chi connectivity index (χ4v) is 2.87. The lowest BCUT2D eigenvalue weighted by molar-refractivity contribution is -0.122. The summed E-state index contributed by atoms with van der Waals surface area (Å²) >= 11 is 0. The molecule has 2 aromatic heterocycles. The number of pyridine rings is 1. The number of nitrogens with one attached hydrogen (secondary N) is 1. The van der Waals surface area contributed by atoms with Crippen LogP contribution in [0.15, 0.2) is 48.7 Å². The molecule has 0 fully saturated rings. The molecule has 0 saturated carbocycles. The largest absolute Gasteiger partial charge is 0.355 e. The molecule has 3 rings (SSSR count). The van der Waals surface area contributed by atoms with Crippen molar-refractivity contribution in [2.24, 2.45) is 0 Å². The van der Waals surface area contributed by atoms with E-state index in [9.17, 15) is 4.79 Å². The number of amides is 1. The maximum absolute atomic E-state index is 12.3. The Morgan fingerprint density at radius 3 is 2.75 bits per heavy atom. The Kier molecular flexibility index (Phi) is 4.89. The van der Waals surface area contributed by atoms with Crippen LogP contribution in [-0.2, 0) is 17.8 Å². The highest BCUT2D eigenvalue weighted by molar-refractivity contribution is 5.83. The van der Waals surface area contributed by atoms with Crippen molar-refractivity contribution >= 4 is 17.1 Å². The highest BCUT2D eigenvalue weighted by atomic mass is 16.1. The second-order valence-corrected chi connectivity index (χ2v) is 5.79. The van der Waals surface area contributed by atoms with E-state index in [2.05, 4.69) is 26.8 Å². The first-order chi connectivity index (χ1) is 11.7. The standard InChI is InChI=1S/C19H22N4O/c1-3-23-17(22-16-10-7-12-20-18(16)23)11-13-21-19(24)14(2)15-8-5-4-6-9-15/h4-10,12,14H,3,11,13H2,1-2H3,(H,21,24)/t14-/m0/s1. The fourth-order valence-electron chi connectivity index (χ4n) is 2.87. The first-order valence-electron chi connectivity index (χ1n) is 8.33. The highest BCUT2D eigenvalue weighted by Gasteiger charge is 2.15. The Bertz CT molecular complexity index is 826. The molecule has 124 valence electrons. The molecule has 0 aliphatic carbocycles. The van der Waals surface area contributed by atoms with Gasteiger partial charge < -0.3 is 9.88 Å². The van der Waals surface area contributed by atoms with Crippen LogP contribution < -0.4 is 5.32 Å². The fraction of sp³-hybridized carbons (Fsp3) is 0.316. The van der Waals surface area contributed by atoms with Gasteiger partial charge in [0.1, 0.15) is 11.3 Å². The number of rotatable bonds is 6. The first-order valence-corrected chi connectivity index (χ1v) is 8.33. The molecule has 0 unspecified atom stereocenters. The normalized spacial score (nSPS) is 12.2. The number of benzene rings is 1. The smallest absolute Gasteiger partial charge is 0.227 e. The molecule has 3 aromatic rings. The van der Waals surface area contributed by atoms with Crippen LogP contribution in [0.2, 0.25) is 0 Å². The zero-order valence-electron chi connectivity index (χ0n) is 14.1. The van der Waals surface area contributed by atoms with Crippen molar-refractivity contribution in [1.82, 2.24) is 19.9 Å². The maximum Gasteiger partial charge on any atom is 0.227 e. The molecule has 0 aliphatic heterocycles. The summed E-state index contributed by atoms with van der Waals surface area (Å²) in [5, 5.41) is 3.01. The average Bonchev–Trinajstić information content (AvgIpc) is 2.99. The van der Waals surface area contributed by atoms with Crippen molar-refractivity contribution in [3.63, 3.8) is 0 Å². The number of aromatic nitrogens is 3. The molecule has 5 nitrogen and oxygen atoms in total. The molecule has 1 amide bonds. The Morgan fingerprint density at radius 1 is 1.21 bits per heavy atom. The molecule has 2 heterocycles. The minimum Gasteiger partial charge on any atom is -0.355 e. The maximum atomic E-state index is 12.3. The molecular weight excluding hydrogens is 300 g/mol. The molecular formula is C19H22N4O. The van der Waals surface area contributed by atoms with Crippen molar-refractivity contribution in [3.05, 3.63) is 60.0 Å². The summed E-state index contributed by atoms with van der Waals surface area (Å²) < 4.78 is 2.10. The third-order valence-corrected chi connectivity index (χ3v) is 4.24. The van der Waals surface area contributed by atoms with E-state index < -0.39 is 0 Å². The van der Waals surface area contributed by atoms with Gasteiger partial charge in [0, 0.05) is 25.7 Å². The Hall–Kier alpha value is -2.69. The molecule has 0 spiro atoms. The number of hydrogen-bond donors (Lipinski definition) is 1. The SMILES string of the molecule is CCn1c(CCNC(=O)[C@@H](C)c2ccccc2)nc2cccnc21.